The van der Waals surface area contributed by atoms with Crippen molar-refractivity contribution in [3.05, 3.63) is 59.3 Å². The van der Waals surface area contributed by atoms with Crippen molar-refractivity contribution in [1.29, 1.82) is 0 Å². The summed E-state index contributed by atoms with van der Waals surface area (Å²) in [5.74, 6) is 0.370. The number of nitrogens with zero attached hydrogens (tertiary/aromatic N) is 3. The van der Waals surface area contributed by atoms with Crippen LogP contribution in [0.5, 0.6) is 0 Å². The summed E-state index contributed by atoms with van der Waals surface area (Å²) in [4.78, 5) is 30.9. The molecule has 2 aromatic heterocycles. The minimum Gasteiger partial charge on any atom is -0.459 e. The number of carbonyl (C=O) groups excluding carboxylic acids is 2. The molecule has 3 aromatic rings. The fourth-order valence-electron chi connectivity index (χ4n) is 3.15. The first kappa shape index (κ1) is 18.2. The molecule has 2 amide bonds. The van der Waals surface area contributed by atoms with Crippen LogP contribution in [0.1, 0.15) is 29.3 Å². The second-order valence-corrected chi connectivity index (χ2v) is 6.81. The zero-order valence-electron chi connectivity index (χ0n) is 14.8. The molecule has 1 aliphatic heterocycles. The van der Waals surface area contributed by atoms with Crippen LogP contribution in [0.15, 0.2) is 51.6 Å². The summed E-state index contributed by atoms with van der Waals surface area (Å²) in [6.07, 6.45) is 2.79. The third-order valence-corrected chi connectivity index (χ3v) is 4.78. The molecule has 1 saturated heterocycles. The van der Waals surface area contributed by atoms with E-state index >= 15 is 0 Å². The Bertz CT molecular complexity index is 968. The van der Waals surface area contributed by atoms with E-state index in [4.69, 9.17) is 20.5 Å². The summed E-state index contributed by atoms with van der Waals surface area (Å²) in [6, 6.07) is 9.73. The number of benzene rings is 1. The molecule has 4 rings (SSSR count). The number of likely N-dealkylation sites (tertiary alicyclic amines) is 1. The molecule has 1 atom stereocenters. The van der Waals surface area contributed by atoms with Gasteiger partial charge in [0.15, 0.2) is 5.76 Å². The number of furan rings is 1. The first-order valence-electron chi connectivity index (χ1n) is 8.82. The molecule has 1 unspecified atom stereocenters. The number of carbonyl (C=O) groups is 2. The molecule has 1 aromatic carbocycles. The maximum absolute atomic E-state index is 12.6. The topological polar surface area (TPSA) is 101 Å². The Hall–Kier alpha value is -3.13. The molecule has 3 heterocycles. The zero-order valence-corrected chi connectivity index (χ0v) is 15.6. The SMILES string of the molecule is O=C(NCc1nc(-c2ccc(Cl)cc2)no1)C1CCCN1C(=O)c1ccco1. The van der Waals surface area contributed by atoms with Gasteiger partial charge in [0.2, 0.25) is 17.6 Å². The number of nitrogens with one attached hydrogen (secondary N) is 1. The maximum Gasteiger partial charge on any atom is 0.290 e. The van der Waals surface area contributed by atoms with E-state index in [0.717, 1.165) is 12.0 Å². The predicted octanol–water partition coefficient (Wildman–Crippen LogP) is 2.90. The molecule has 8 nitrogen and oxygen atoms in total. The van der Waals surface area contributed by atoms with Gasteiger partial charge in [0.1, 0.15) is 6.04 Å². The molecule has 28 heavy (non-hydrogen) atoms. The number of amides is 2. The lowest BCUT2D eigenvalue weighted by molar-refractivity contribution is -0.125. The van der Waals surface area contributed by atoms with Crippen LogP contribution >= 0.6 is 11.6 Å². The van der Waals surface area contributed by atoms with Gasteiger partial charge in [-0.25, -0.2) is 0 Å². The summed E-state index contributed by atoms with van der Waals surface area (Å²) < 4.78 is 10.3. The van der Waals surface area contributed by atoms with E-state index in [1.54, 1.807) is 36.4 Å². The van der Waals surface area contributed by atoms with Crippen LogP contribution < -0.4 is 5.32 Å². The highest BCUT2D eigenvalue weighted by Gasteiger charge is 2.35. The van der Waals surface area contributed by atoms with Crippen molar-refractivity contribution in [3.8, 4) is 11.4 Å². The lowest BCUT2D eigenvalue weighted by Gasteiger charge is -2.22. The standard InChI is InChI=1S/C19H17ClN4O4/c20-13-7-5-12(6-8-13)17-22-16(28-23-17)11-21-18(25)14-3-1-9-24(14)19(26)15-4-2-10-27-15/h2,4-8,10,14H,1,3,9,11H2,(H,21,25). The number of aromatic nitrogens is 2. The van der Waals surface area contributed by atoms with Crippen molar-refractivity contribution in [2.24, 2.45) is 0 Å². The van der Waals surface area contributed by atoms with Crippen LogP contribution in [0, 0.1) is 0 Å². The van der Waals surface area contributed by atoms with Gasteiger partial charge in [0.05, 0.1) is 12.8 Å². The fraction of sp³-hybridized carbons (Fsp3) is 0.263. The molecule has 0 saturated carbocycles. The summed E-state index contributed by atoms with van der Waals surface area (Å²) in [5, 5.41) is 7.29. The Balaban J connectivity index is 1.37. The van der Waals surface area contributed by atoms with Gasteiger partial charge in [-0.3, -0.25) is 9.59 Å². The molecule has 1 aliphatic rings. The maximum atomic E-state index is 12.6. The zero-order chi connectivity index (χ0) is 19.5. The van der Waals surface area contributed by atoms with Crippen LogP contribution in [0.3, 0.4) is 0 Å². The van der Waals surface area contributed by atoms with Gasteiger partial charge in [0.25, 0.3) is 5.91 Å². The van der Waals surface area contributed by atoms with Gasteiger partial charge in [-0.2, -0.15) is 4.98 Å². The highest BCUT2D eigenvalue weighted by atomic mass is 35.5. The monoisotopic (exact) mass is 400 g/mol. The van der Waals surface area contributed by atoms with Crippen LogP contribution in [0.2, 0.25) is 5.02 Å². The summed E-state index contributed by atoms with van der Waals surface area (Å²) in [5.41, 5.74) is 0.761. The average Bonchev–Trinajstić information content (AvgIpc) is 3.47. The van der Waals surface area contributed by atoms with E-state index in [1.807, 2.05) is 0 Å². The van der Waals surface area contributed by atoms with E-state index in [1.165, 1.54) is 11.2 Å². The predicted molar refractivity (Wildman–Crippen MR) is 99.4 cm³/mol. The largest absolute Gasteiger partial charge is 0.459 e. The van der Waals surface area contributed by atoms with E-state index < -0.39 is 6.04 Å². The highest BCUT2D eigenvalue weighted by molar-refractivity contribution is 6.30. The van der Waals surface area contributed by atoms with Gasteiger partial charge >= 0.3 is 0 Å². The van der Waals surface area contributed by atoms with Gasteiger partial charge in [-0.1, -0.05) is 16.8 Å². The molecule has 1 N–H and O–H groups in total. The lowest BCUT2D eigenvalue weighted by Crippen LogP contribution is -2.45. The number of rotatable bonds is 5. The minimum atomic E-state index is -0.545. The van der Waals surface area contributed by atoms with Crippen LogP contribution in [-0.2, 0) is 11.3 Å². The second-order valence-electron chi connectivity index (χ2n) is 6.37. The molecule has 0 spiro atoms. The van der Waals surface area contributed by atoms with Crippen molar-refractivity contribution >= 4 is 23.4 Å². The third kappa shape index (κ3) is 3.77. The van der Waals surface area contributed by atoms with Crippen LogP contribution in [-0.4, -0.2) is 39.4 Å². The Kier molecular flexibility index (Phi) is 5.12. The summed E-state index contributed by atoms with van der Waals surface area (Å²) in [6.45, 7) is 0.595. The fourth-order valence-corrected chi connectivity index (χ4v) is 3.27. The molecule has 9 heteroatoms. The van der Waals surface area contributed by atoms with Crippen molar-refractivity contribution in [2.75, 3.05) is 6.54 Å². The summed E-state index contributed by atoms with van der Waals surface area (Å²) >= 11 is 5.87. The van der Waals surface area contributed by atoms with Crippen LogP contribution in [0.4, 0.5) is 0 Å². The normalized spacial score (nSPS) is 16.3. The van der Waals surface area contributed by atoms with Gasteiger partial charge in [-0.05, 0) is 49.2 Å². The number of hydrogen-bond acceptors (Lipinski definition) is 6. The first-order chi connectivity index (χ1) is 13.6. The van der Waals surface area contributed by atoms with Crippen molar-refractivity contribution in [1.82, 2.24) is 20.4 Å². The molecule has 0 radical (unpaired) electrons. The van der Waals surface area contributed by atoms with Crippen molar-refractivity contribution in [2.45, 2.75) is 25.4 Å². The molecule has 0 bridgehead atoms. The van der Waals surface area contributed by atoms with E-state index in [-0.39, 0.29) is 30.0 Å². The van der Waals surface area contributed by atoms with E-state index in [9.17, 15) is 9.59 Å². The van der Waals surface area contributed by atoms with Crippen molar-refractivity contribution < 1.29 is 18.5 Å². The Morgan fingerprint density at radius 3 is 2.82 bits per heavy atom. The second kappa shape index (κ2) is 7.85. The average molecular weight is 401 g/mol. The Labute approximate surface area is 165 Å². The lowest BCUT2D eigenvalue weighted by atomic mass is 10.2. The van der Waals surface area contributed by atoms with E-state index in [2.05, 4.69) is 15.5 Å². The number of hydrogen-bond donors (Lipinski definition) is 1. The molecule has 1 fully saturated rings. The summed E-state index contributed by atoms with van der Waals surface area (Å²) in [7, 11) is 0. The quantitative estimate of drug-likeness (QED) is 0.706. The smallest absolute Gasteiger partial charge is 0.290 e. The minimum absolute atomic E-state index is 0.0820. The van der Waals surface area contributed by atoms with Gasteiger partial charge in [-0.15, -0.1) is 0 Å². The third-order valence-electron chi connectivity index (χ3n) is 4.53. The number of halogens is 1. The van der Waals surface area contributed by atoms with E-state index in [0.29, 0.717) is 23.8 Å². The Morgan fingerprint density at radius 2 is 2.07 bits per heavy atom. The Morgan fingerprint density at radius 1 is 1.25 bits per heavy atom. The first-order valence-corrected chi connectivity index (χ1v) is 9.20. The van der Waals surface area contributed by atoms with Crippen molar-refractivity contribution in [3.63, 3.8) is 0 Å². The van der Waals surface area contributed by atoms with Gasteiger partial charge in [0, 0.05) is 17.1 Å². The van der Waals surface area contributed by atoms with Crippen LogP contribution in [0.25, 0.3) is 11.4 Å². The highest BCUT2D eigenvalue weighted by Crippen LogP contribution is 2.21. The molecule has 0 aliphatic carbocycles. The molecular weight excluding hydrogens is 384 g/mol. The molecular formula is C19H17ClN4O4. The van der Waals surface area contributed by atoms with Gasteiger partial charge < -0.3 is 19.2 Å². The molecule has 144 valence electrons.